The fourth-order valence-corrected chi connectivity index (χ4v) is 5.23. The van der Waals surface area contributed by atoms with Gasteiger partial charge in [0.1, 0.15) is 5.69 Å². The fraction of sp³-hybridized carbons (Fsp3) is 0.273. The summed E-state index contributed by atoms with van der Waals surface area (Å²) in [6.07, 6.45) is 0.0402. The normalized spacial score (nSPS) is 18.1. The van der Waals surface area contributed by atoms with Crippen molar-refractivity contribution in [2.24, 2.45) is 10.9 Å². The van der Waals surface area contributed by atoms with Crippen molar-refractivity contribution in [2.45, 2.75) is 50.4 Å². The number of aromatic nitrogens is 2. The fourth-order valence-electron chi connectivity index (χ4n) is 5.23. The monoisotopic (exact) mass is 570 g/mol. The number of aliphatic hydroxyl groups is 1. The molecule has 0 radical (unpaired) electrons. The largest absolute Gasteiger partial charge is 0.435 e. The van der Waals surface area contributed by atoms with Gasteiger partial charge in [0.2, 0.25) is 0 Å². The van der Waals surface area contributed by atoms with Crippen molar-refractivity contribution < 1.29 is 23.1 Å². The zero-order valence-corrected chi connectivity index (χ0v) is 22.7. The van der Waals surface area contributed by atoms with Crippen molar-refractivity contribution in [1.82, 2.24) is 9.78 Å². The van der Waals surface area contributed by atoms with Crippen molar-refractivity contribution in [3.8, 4) is 11.8 Å². The lowest BCUT2D eigenvalue weighted by Gasteiger charge is -2.23. The molecule has 0 bridgehead atoms. The van der Waals surface area contributed by atoms with Crippen LogP contribution in [0, 0.1) is 17.2 Å². The van der Waals surface area contributed by atoms with Crippen LogP contribution in [0.4, 0.5) is 13.2 Å². The molecule has 1 fully saturated rings. The van der Waals surface area contributed by atoms with E-state index in [1.165, 1.54) is 24.3 Å². The van der Waals surface area contributed by atoms with Crippen LogP contribution in [0.15, 0.2) is 89.9 Å². The number of Topliss-reactive ketones (excluding diaryl/α,β-unsaturated/α-hetero) is 1. The van der Waals surface area contributed by atoms with Crippen LogP contribution in [0.1, 0.15) is 70.2 Å². The molecule has 1 atom stereocenters. The molecule has 1 unspecified atom stereocenters. The SMILES string of the molecule is N#Cc1cccc(-n2nc(C(F)(F)F)cc2C(=O)Cc2cccc(C(/N=C/C3CCC(O)CC3)c3ccccc3)c2)c1. The van der Waals surface area contributed by atoms with Crippen LogP contribution in [0.3, 0.4) is 0 Å². The Morgan fingerprint density at radius 1 is 1.00 bits per heavy atom. The first kappa shape index (κ1) is 29.0. The number of carbonyl (C=O) groups is 1. The lowest BCUT2D eigenvalue weighted by atomic mass is 9.88. The van der Waals surface area contributed by atoms with E-state index in [2.05, 4.69) is 5.10 Å². The summed E-state index contributed by atoms with van der Waals surface area (Å²) in [5.74, 6) is -0.273. The van der Waals surface area contributed by atoms with E-state index in [9.17, 15) is 28.3 Å². The minimum Gasteiger partial charge on any atom is -0.393 e. The summed E-state index contributed by atoms with van der Waals surface area (Å²) in [7, 11) is 0. The Kier molecular flexibility index (Phi) is 8.64. The molecule has 0 amide bonds. The summed E-state index contributed by atoms with van der Waals surface area (Å²) in [6.45, 7) is 0. The molecule has 1 saturated carbocycles. The van der Waals surface area contributed by atoms with Crippen LogP contribution in [0.2, 0.25) is 0 Å². The zero-order chi connectivity index (χ0) is 29.7. The maximum Gasteiger partial charge on any atom is 0.435 e. The smallest absolute Gasteiger partial charge is 0.393 e. The van der Waals surface area contributed by atoms with Gasteiger partial charge in [-0.25, -0.2) is 4.68 Å². The predicted octanol–water partition coefficient (Wildman–Crippen LogP) is 6.90. The highest BCUT2D eigenvalue weighted by molar-refractivity contribution is 5.96. The van der Waals surface area contributed by atoms with Gasteiger partial charge in [0, 0.05) is 18.7 Å². The number of hydrogen-bond donors (Lipinski definition) is 1. The van der Waals surface area contributed by atoms with Gasteiger partial charge < -0.3 is 5.11 Å². The Labute approximate surface area is 241 Å². The third kappa shape index (κ3) is 6.84. The number of aliphatic imine (C=N–C) groups is 1. The van der Waals surface area contributed by atoms with Gasteiger partial charge in [0.25, 0.3) is 0 Å². The number of alkyl halides is 3. The van der Waals surface area contributed by atoms with Crippen molar-refractivity contribution >= 4 is 12.0 Å². The quantitative estimate of drug-likeness (QED) is 0.184. The number of ketones is 1. The average Bonchev–Trinajstić information content (AvgIpc) is 3.46. The number of nitrogens with zero attached hydrogens (tertiary/aromatic N) is 4. The van der Waals surface area contributed by atoms with E-state index in [0.717, 1.165) is 47.6 Å². The van der Waals surface area contributed by atoms with Crippen LogP contribution in [0.5, 0.6) is 0 Å². The number of nitriles is 1. The lowest BCUT2D eigenvalue weighted by Crippen LogP contribution is -2.19. The molecule has 5 rings (SSSR count). The van der Waals surface area contributed by atoms with Gasteiger partial charge in [0.05, 0.1) is 29.5 Å². The van der Waals surface area contributed by atoms with Gasteiger partial charge in [-0.05, 0) is 66.5 Å². The van der Waals surface area contributed by atoms with Crippen LogP contribution in [-0.2, 0) is 12.6 Å². The zero-order valence-electron chi connectivity index (χ0n) is 22.7. The Hall–Kier alpha value is -4.55. The standard InChI is InChI=1S/C33H29F3N4O2/c34-33(35,36)31-19-29(40(39-31)27-11-5-7-24(17-27)20-37)30(42)18-23-6-4-10-26(16-23)32(25-8-2-1-3-9-25)38-21-22-12-14-28(41)15-13-22/h1-11,16-17,19,21-22,28,32,41H,12-15,18H2/b38-21+. The predicted molar refractivity (Wildman–Crippen MR) is 152 cm³/mol. The van der Waals surface area contributed by atoms with E-state index < -0.39 is 17.7 Å². The minimum absolute atomic E-state index is 0.152. The van der Waals surface area contributed by atoms with Crippen LogP contribution >= 0.6 is 0 Å². The molecular weight excluding hydrogens is 541 g/mol. The van der Waals surface area contributed by atoms with Crippen molar-refractivity contribution in [1.29, 1.82) is 5.26 Å². The van der Waals surface area contributed by atoms with Gasteiger partial charge in [-0.3, -0.25) is 9.79 Å². The summed E-state index contributed by atoms with van der Waals surface area (Å²) in [6, 6.07) is 25.4. The number of rotatable bonds is 8. The molecule has 4 aromatic rings. The van der Waals surface area contributed by atoms with Gasteiger partial charge in [-0.1, -0.05) is 60.7 Å². The number of halogens is 3. The highest BCUT2D eigenvalue weighted by atomic mass is 19.4. The molecule has 6 nitrogen and oxygen atoms in total. The van der Waals surface area contributed by atoms with Gasteiger partial charge in [0.15, 0.2) is 11.5 Å². The molecule has 1 aromatic heterocycles. The third-order valence-electron chi connectivity index (χ3n) is 7.44. The Morgan fingerprint density at radius 2 is 1.71 bits per heavy atom. The number of benzene rings is 3. The Morgan fingerprint density at radius 3 is 2.43 bits per heavy atom. The van der Waals surface area contributed by atoms with E-state index in [1.807, 2.05) is 60.8 Å². The van der Waals surface area contributed by atoms with Crippen molar-refractivity contribution in [3.05, 3.63) is 119 Å². The average molecular weight is 571 g/mol. The molecule has 42 heavy (non-hydrogen) atoms. The van der Waals surface area contributed by atoms with E-state index in [-0.39, 0.29) is 41.4 Å². The van der Waals surface area contributed by atoms with Gasteiger partial charge >= 0.3 is 6.18 Å². The highest BCUT2D eigenvalue weighted by Gasteiger charge is 2.36. The number of hydrogen-bond acceptors (Lipinski definition) is 5. The minimum atomic E-state index is -4.75. The van der Waals surface area contributed by atoms with Crippen LogP contribution in [-0.4, -0.2) is 33.0 Å². The van der Waals surface area contributed by atoms with Crippen molar-refractivity contribution in [2.75, 3.05) is 0 Å². The molecule has 0 aliphatic heterocycles. The summed E-state index contributed by atoms with van der Waals surface area (Å²) in [5.41, 5.74) is 1.47. The van der Waals surface area contributed by atoms with E-state index in [1.54, 1.807) is 6.07 Å². The maximum atomic E-state index is 13.6. The van der Waals surface area contributed by atoms with Gasteiger partial charge in [-0.2, -0.15) is 23.5 Å². The van der Waals surface area contributed by atoms with Crippen LogP contribution < -0.4 is 0 Å². The highest BCUT2D eigenvalue weighted by Crippen LogP contribution is 2.31. The molecule has 0 saturated heterocycles. The third-order valence-corrected chi connectivity index (χ3v) is 7.44. The molecule has 1 aliphatic carbocycles. The second-order valence-corrected chi connectivity index (χ2v) is 10.5. The molecule has 1 aliphatic rings. The maximum absolute atomic E-state index is 13.6. The molecule has 0 spiro atoms. The van der Waals surface area contributed by atoms with Crippen LogP contribution in [0.25, 0.3) is 5.69 Å². The summed E-state index contributed by atoms with van der Waals surface area (Å²) in [5, 5.41) is 22.8. The van der Waals surface area contributed by atoms with Crippen molar-refractivity contribution in [3.63, 3.8) is 0 Å². The lowest BCUT2D eigenvalue weighted by molar-refractivity contribution is -0.141. The Bertz CT molecular complexity index is 1610. The second kappa shape index (κ2) is 12.5. The van der Waals surface area contributed by atoms with Gasteiger partial charge in [-0.15, -0.1) is 0 Å². The summed E-state index contributed by atoms with van der Waals surface area (Å²) < 4.78 is 41.7. The second-order valence-electron chi connectivity index (χ2n) is 10.5. The number of aliphatic hydroxyl groups excluding tert-OH is 1. The van der Waals surface area contributed by atoms with E-state index in [0.29, 0.717) is 5.56 Å². The first-order valence-corrected chi connectivity index (χ1v) is 13.8. The summed E-state index contributed by atoms with van der Waals surface area (Å²) >= 11 is 0. The molecular formula is C33H29F3N4O2. The molecule has 9 heteroatoms. The Balaban J connectivity index is 1.45. The topological polar surface area (TPSA) is 91.3 Å². The molecule has 3 aromatic carbocycles. The summed E-state index contributed by atoms with van der Waals surface area (Å²) in [4.78, 5) is 18.4. The molecule has 1 N–H and O–H groups in total. The molecule has 1 heterocycles. The first-order chi connectivity index (χ1) is 20.2. The van der Waals surface area contributed by atoms with E-state index in [4.69, 9.17) is 4.99 Å². The van der Waals surface area contributed by atoms with E-state index >= 15 is 0 Å². The first-order valence-electron chi connectivity index (χ1n) is 13.8. The number of carbonyl (C=O) groups excluding carboxylic acids is 1. The molecule has 214 valence electrons.